The van der Waals surface area contributed by atoms with Gasteiger partial charge in [-0.15, -0.1) is 22.7 Å². The number of anilines is 1. The van der Waals surface area contributed by atoms with E-state index in [-0.39, 0.29) is 40.3 Å². The molecule has 0 atom stereocenters. The van der Waals surface area contributed by atoms with Crippen molar-refractivity contribution in [2.45, 2.75) is 54.2 Å². The number of thiophene rings is 2. The Kier molecular flexibility index (Phi) is 16.8. The highest BCUT2D eigenvalue weighted by molar-refractivity contribution is 7.91. The van der Waals surface area contributed by atoms with Crippen LogP contribution in [0.2, 0.25) is 10.0 Å². The molecule has 0 aliphatic carbocycles. The molecule has 2 fully saturated rings. The van der Waals surface area contributed by atoms with Gasteiger partial charge in [-0.05, 0) is 114 Å². The first-order valence-electron chi connectivity index (χ1n) is 21.9. The summed E-state index contributed by atoms with van der Waals surface area (Å²) in [5.74, 6) is -0.780. The second-order valence-electron chi connectivity index (χ2n) is 17.3. The molecule has 6 aromatic rings. The second-order valence-corrected chi connectivity index (χ2v) is 24.9. The molecule has 0 radical (unpaired) electrons. The fraction of sp³-hybridized carbons (Fsp3) is 0.306. The van der Waals surface area contributed by atoms with Crippen molar-refractivity contribution < 1.29 is 30.8 Å². The first kappa shape index (κ1) is 51.2. The zero-order valence-corrected chi connectivity index (χ0v) is 42.6. The molecule has 2 aliphatic rings. The van der Waals surface area contributed by atoms with Crippen molar-refractivity contribution in [1.82, 2.24) is 24.1 Å². The zero-order valence-electron chi connectivity index (χ0n) is 37.8. The van der Waals surface area contributed by atoms with E-state index in [9.17, 15) is 30.8 Å². The maximum Gasteiger partial charge on any atom is 0.252 e. The number of amides is 2. The summed E-state index contributed by atoms with van der Waals surface area (Å²) in [7, 11) is -7.17. The van der Waals surface area contributed by atoms with Gasteiger partial charge in [0.25, 0.3) is 31.9 Å². The molecule has 2 amide bonds. The Morgan fingerprint density at radius 1 is 0.574 bits per heavy atom. The fourth-order valence-electron chi connectivity index (χ4n) is 7.51. The van der Waals surface area contributed by atoms with Gasteiger partial charge in [-0.3, -0.25) is 14.5 Å². The average molecular weight is 1040 g/mol. The minimum atomic E-state index is -3.61. The van der Waals surface area contributed by atoms with E-state index in [0.29, 0.717) is 77.7 Å². The van der Waals surface area contributed by atoms with Crippen LogP contribution in [0.4, 0.5) is 10.1 Å². The number of benzene rings is 4. The van der Waals surface area contributed by atoms with Gasteiger partial charge in [0.2, 0.25) is 0 Å². The van der Waals surface area contributed by atoms with E-state index in [4.69, 9.17) is 23.2 Å². The van der Waals surface area contributed by atoms with Crippen LogP contribution in [0.25, 0.3) is 0 Å². The van der Waals surface area contributed by atoms with Crippen molar-refractivity contribution in [3.63, 3.8) is 0 Å². The first-order valence-corrected chi connectivity index (χ1v) is 27.2. The highest BCUT2D eigenvalue weighted by atomic mass is 35.5. The molecule has 0 spiro atoms. The van der Waals surface area contributed by atoms with Crippen LogP contribution in [0.3, 0.4) is 0 Å². The molecular formula is C49H53Cl2FN6O6S4. The van der Waals surface area contributed by atoms with Gasteiger partial charge < -0.3 is 15.5 Å². The van der Waals surface area contributed by atoms with E-state index in [2.05, 4.69) is 60.6 Å². The summed E-state index contributed by atoms with van der Waals surface area (Å²) in [4.78, 5) is 30.4. The second kappa shape index (κ2) is 22.4. The first-order chi connectivity index (χ1) is 32.3. The average Bonchev–Trinajstić information content (AvgIpc) is 4.03. The minimum Gasteiger partial charge on any atom is -0.369 e. The number of carbonyl (C=O) groups excluding carboxylic acids is 2. The predicted octanol–water partition coefficient (Wildman–Crippen LogP) is 9.12. The van der Waals surface area contributed by atoms with E-state index >= 15 is 0 Å². The number of halogens is 3. The van der Waals surface area contributed by atoms with Gasteiger partial charge >= 0.3 is 0 Å². The molecule has 68 heavy (non-hydrogen) atoms. The Bertz CT molecular complexity index is 2880. The lowest BCUT2D eigenvalue weighted by Crippen LogP contribution is -2.48. The van der Waals surface area contributed by atoms with Gasteiger partial charge in [-0.25, -0.2) is 21.2 Å². The van der Waals surface area contributed by atoms with Crippen LogP contribution in [-0.2, 0) is 45.1 Å². The summed E-state index contributed by atoms with van der Waals surface area (Å²) in [6.07, 6.45) is 0. The predicted molar refractivity (Wildman–Crippen MR) is 270 cm³/mol. The van der Waals surface area contributed by atoms with Crippen LogP contribution < -0.4 is 15.5 Å². The molecule has 19 heteroatoms. The van der Waals surface area contributed by atoms with Gasteiger partial charge in [-0.2, -0.15) is 8.61 Å². The lowest BCUT2D eigenvalue weighted by Gasteiger charge is -2.35. The number of hydrogen-bond acceptors (Lipinski definition) is 10. The van der Waals surface area contributed by atoms with Gasteiger partial charge in [0.1, 0.15) is 14.2 Å². The maximum atomic E-state index is 13.2. The van der Waals surface area contributed by atoms with Crippen LogP contribution in [0, 0.1) is 5.82 Å². The topological polar surface area (TPSA) is 139 Å². The summed E-state index contributed by atoms with van der Waals surface area (Å²) < 4.78 is 69.2. The molecular weight excluding hydrogens is 987 g/mol. The molecule has 8 rings (SSSR count). The molecule has 2 saturated heterocycles. The van der Waals surface area contributed by atoms with Crippen molar-refractivity contribution in [2.75, 3.05) is 57.3 Å². The fourth-order valence-corrected chi connectivity index (χ4v) is 13.5. The molecule has 4 aromatic carbocycles. The summed E-state index contributed by atoms with van der Waals surface area (Å²) in [6, 6.07) is 34.8. The van der Waals surface area contributed by atoms with Crippen LogP contribution >= 0.6 is 45.9 Å². The van der Waals surface area contributed by atoms with Crippen LogP contribution in [0.15, 0.2) is 130 Å². The normalized spacial score (nSPS) is 15.4. The number of rotatable bonds is 13. The van der Waals surface area contributed by atoms with Crippen LogP contribution in [0.5, 0.6) is 0 Å². The van der Waals surface area contributed by atoms with E-state index in [1.54, 1.807) is 89.2 Å². The molecule has 360 valence electrons. The molecule has 0 unspecified atom stereocenters. The highest BCUT2D eigenvalue weighted by Crippen LogP contribution is 2.29. The third kappa shape index (κ3) is 13.3. The monoisotopic (exact) mass is 1040 g/mol. The van der Waals surface area contributed by atoms with Crippen LogP contribution in [-0.4, -0.2) is 94.5 Å². The quantitative estimate of drug-likeness (QED) is 0.117. The Morgan fingerprint density at radius 2 is 1.00 bits per heavy atom. The van der Waals surface area contributed by atoms with E-state index in [0.717, 1.165) is 33.3 Å². The minimum absolute atomic E-state index is 0.127. The Morgan fingerprint density at radius 3 is 1.43 bits per heavy atom. The molecule has 2 N–H and O–H groups in total. The van der Waals surface area contributed by atoms with Gasteiger partial charge in [0, 0.05) is 95.5 Å². The summed E-state index contributed by atoms with van der Waals surface area (Å²) in [5, 5.41) is 6.74. The van der Waals surface area contributed by atoms with Gasteiger partial charge in [0.05, 0.1) is 13.1 Å². The Labute approximate surface area is 416 Å². The van der Waals surface area contributed by atoms with E-state index in [1.807, 2.05) is 4.90 Å². The number of nitrogens with one attached hydrogen (secondary N) is 2. The molecule has 0 bridgehead atoms. The lowest BCUT2D eigenvalue weighted by molar-refractivity contribution is 0.0943. The van der Waals surface area contributed by atoms with Crippen molar-refractivity contribution in [3.05, 3.63) is 169 Å². The van der Waals surface area contributed by atoms with Gasteiger partial charge in [0.15, 0.2) is 0 Å². The molecule has 2 aromatic heterocycles. The largest absolute Gasteiger partial charge is 0.369 e. The van der Waals surface area contributed by atoms with Gasteiger partial charge in [-0.1, -0.05) is 68.2 Å². The number of hydrogen-bond donors (Lipinski definition) is 2. The Hall–Kier alpha value is -4.69. The lowest BCUT2D eigenvalue weighted by atomic mass is 9.87. The summed E-state index contributed by atoms with van der Waals surface area (Å²) in [6.45, 7) is 12.0. The third-order valence-corrected chi connectivity index (χ3v) is 18.9. The maximum absolute atomic E-state index is 13.2. The highest BCUT2D eigenvalue weighted by Gasteiger charge is 2.31. The SMILES string of the molecule is CC(C)(C)c1ccc(CN2CCN(S(=O)(=O)c3ccc(CNC(=O)c4ccc(Cl)cc4)s3)CC2)cc1.O=C(NCc1ccc(S(=O)(=O)N2CCN(c3ccc(F)cc3)CC2)s1)c1ccc(Cl)cc1. The molecule has 0 saturated carbocycles. The van der Waals surface area contributed by atoms with Crippen LogP contribution in [0.1, 0.15) is 62.4 Å². The van der Waals surface area contributed by atoms with Crippen molar-refractivity contribution in [1.29, 1.82) is 0 Å². The molecule has 2 aliphatic heterocycles. The zero-order chi connectivity index (χ0) is 48.6. The number of sulfonamides is 2. The van der Waals surface area contributed by atoms with Crippen molar-refractivity contribution >= 4 is 83.4 Å². The van der Waals surface area contributed by atoms with Crippen molar-refractivity contribution in [2.24, 2.45) is 0 Å². The molecule has 4 heterocycles. The van der Waals surface area contributed by atoms with E-state index in [1.165, 1.54) is 38.9 Å². The number of piperazine rings is 2. The van der Waals surface area contributed by atoms with Crippen molar-refractivity contribution in [3.8, 4) is 0 Å². The summed E-state index contributed by atoms with van der Waals surface area (Å²) >= 11 is 14.1. The Balaban J connectivity index is 0.000000203. The summed E-state index contributed by atoms with van der Waals surface area (Å²) in [5.41, 5.74) is 4.54. The molecule has 12 nitrogen and oxygen atoms in total. The number of nitrogens with zero attached hydrogens (tertiary/aromatic N) is 4. The standard InChI is InChI=1S/C27H32ClN3O3S2.C22H21ClFN3O3S2/c1-27(2,3)22-8-4-20(5-9-22)19-30-14-16-31(17-15-30)36(33,34)25-13-12-24(35-25)18-29-26(32)21-6-10-23(28)11-7-21;23-17-3-1-16(2-4-17)22(28)25-15-20-9-10-21(31-20)32(29,30)27-13-11-26(12-14-27)19-7-5-18(24)6-8-19/h4-13H,14-19H2,1-3H3,(H,29,32);1-10H,11-15H2,(H,25,28). The smallest absolute Gasteiger partial charge is 0.252 e. The van der Waals surface area contributed by atoms with E-state index < -0.39 is 20.0 Å². The third-order valence-electron chi connectivity index (χ3n) is 11.5. The number of carbonyl (C=O) groups is 2.